The van der Waals surface area contributed by atoms with Crippen molar-refractivity contribution in [1.29, 1.82) is 0 Å². The molecule has 1 aromatic heterocycles. The second kappa shape index (κ2) is 6.90. The number of furan rings is 1. The Bertz CT molecular complexity index is 690. The molecule has 1 aliphatic carbocycles. The fourth-order valence-electron chi connectivity index (χ4n) is 3.92. The van der Waals surface area contributed by atoms with E-state index in [-0.39, 0.29) is 36.3 Å². The first-order chi connectivity index (χ1) is 11.9. The van der Waals surface area contributed by atoms with Crippen molar-refractivity contribution in [1.82, 2.24) is 9.80 Å². The zero-order valence-electron chi connectivity index (χ0n) is 14.7. The number of hydrogen-bond acceptors (Lipinski definition) is 4. The van der Waals surface area contributed by atoms with Crippen LogP contribution in [0.3, 0.4) is 0 Å². The monoisotopic (exact) mass is 348 g/mol. The topological polar surface area (TPSA) is 91.1 Å². The summed E-state index contributed by atoms with van der Waals surface area (Å²) in [6.45, 7) is 2.27. The van der Waals surface area contributed by atoms with Crippen LogP contribution >= 0.6 is 0 Å². The molecule has 7 nitrogen and oxygen atoms in total. The van der Waals surface area contributed by atoms with E-state index in [0.29, 0.717) is 24.1 Å². The van der Waals surface area contributed by atoms with Crippen LogP contribution in [0, 0.1) is 12.8 Å². The van der Waals surface area contributed by atoms with Gasteiger partial charge in [-0.2, -0.15) is 0 Å². The van der Waals surface area contributed by atoms with Gasteiger partial charge in [0.2, 0.25) is 11.8 Å². The third-order valence-electron chi connectivity index (χ3n) is 5.24. The number of carbonyl (C=O) groups is 3. The third-order valence-corrected chi connectivity index (χ3v) is 5.24. The minimum absolute atomic E-state index is 0.0701. The minimum atomic E-state index is -1.05. The molecule has 0 aromatic carbocycles. The van der Waals surface area contributed by atoms with Crippen molar-refractivity contribution >= 4 is 17.8 Å². The average Bonchev–Trinajstić information content (AvgIpc) is 3.26. The van der Waals surface area contributed by atoms with E-state index in [4.69, 9.17) is 9.52 Å². The quantitative estimate of drug-likeness (QED) is 0.879. The molecule has 0 unspecified atom stereocenters. The molecule has 1 saturated heterocycles. The summed E-state index contributed by atoms with van der Waals surface area (Å²) < 4.78 is 5.43. The number of carboxylic acid groups (broad SMARTS) is 1. The Morgan fingerprint density at radius 1 is 1.36 bits per heavy atom. The number of likely N-dealkylation sites (tertiary alicyclic amines) is 1. The molecule has 136 valence electrons. The van der Waals surface area contributed by atoms with Gasteiger partial charge in [0.15, 0.2) is 0 Å². The molecule has 1 atom stereocenters. The fourth-order valence-corrected chi connectivity index (χ4v) is 3.92. The van der Waals surface area contributed by atoms with Gasteiger partial charge in [0.25, 0.3) is 0 Å². The summed E-state index contributed by atoms with van der Waals surface area (Å²) in [4.78, 5) is 39.4. The van der Waals surface area contributed by atoms with Gasteiger partial charge in [-0.25, -0.2) is 4.79 Å². The average molecular weight is 348 g/mol. The Labute approximate surface area is 146 Å². The number of carbonyl (C=O) groups excluding carboxylic acids is 2. The van der Waals surface area contributed by atoms with Crippen LogP contribution in [-0.4, -0.2) is 52.3 Å². The van der Waals surface area contributed by atoms with E-state index in [2.05, 4.69) is 0 Å². The number of aromatic carboxylic acids is 1. The van der Waals surface area contributed by atoms with Crippen LogP contribution < -0.4 is 0 Å². The molecular weight excluding hydrogens is 324 g/mol. The molecule has 2 fully saturated rings. The summed E-state index contributed by atoms with van der Waals surface area (Å²) in [6, 6.07) is 1.74. The van der Waals surface area contributed by atoms with E-state index in [1.165, 1.54) is 11.0 Å². The Morgan fingerprint density at radius 3 is 2.64 bits per heavy atom. The van der Waals surface area contributed by atoms with E-state index in [0.717, 1.165) is 25.7 Å². The van der Waals surface area contributed by atoms with Crippen LogP contribution in [0.25, 0.3) is 0 Å². The van der Waals surface area contributed by atoms with Gasteiger partial charge in [-0.15, -0.1) is 0 Å². The lowest BCUT2D eigenvalue weighted by atomic mass is 10.1. The maximum absolute atomic E-state index is 12.7. The number of rotatable bonds is 5. The number of aryl methyl sites for hydroxylation is 1. The van der Waals surface area contributed by atoms with Crippen LogP contribution in [0.4, 0.5) is 0 Å². The second-order valence-corrected chi connectivity index (χ2v) is 7.07. The van der Waals surface area contributed by atoms with Gasteiger partial charge in [0.05, 0.1) is 12.5 Å². The van der Waals surface area contributed by atoms with Gasteiger partial charge in [0.1, 0.15) is 17.1 Å². The highest BCUT2D eigenvalue weighted by molar-refractivity contribution is 5.90. The van der Waals surface area contributed by atoms with Gasteiger partial charge < -0.3 is 19.3 Å². The van der Waals surface area contributed by atoms with Crippen molar-refractivity contribution in [2.24, 2.45) is 5.92 Å². The van der Waals surface area contributed by atoms with Crippen molar-refractivity contribution < 1.29 is 23.9 Å². The van der Waals surface area contributed by atoms with Crippen LogP contribution in [0.1, 0.15) is 54.0 Å². The molecule has 1 aromatic rings. The van der Waals surface area contributed by atoms with E-state index < -0.39 is 5.97 Å². The molecule has 1 aliphatic heterocycles. The van der Waals surface area contributed by atoms with Crippen LogP contribution in [-0.2, 0) is 16.1 Å². The first kappa shape index (κ1) is 17.5. The first-order valence-corrected chi connectivity index (χ1v) is 8.74. The second-order valence-electron chi connectivity index (χ2n) is 7.07. The predicted molar refractivity (Wildman–Crippen MR) is 89.0 cm³/mol. The van der Waals surface area contributed by atoms with Crippen LogP contribution in [0.15, 0.2) is 10.5 Å². The highest BCUT2D eigenvalue weighted by Gasteiger charge is 2.39. The summed E-state index contributed by atoms with van der Waals surface area (Å²) in [5, 5.41) is 9.07. The van der Waals surface area contributed by atoms with E-state index in [1.54, 1.807) is 14.0 Å². The summed E-state index contributed by atoms with van der Waals surface area (Å²) in [7, 11) is 1.66. The molecular formula is C18H24N2O5. The summed E-state index contributed by atoms with van der Waals surface area (Å²) in [5.74, 6) is -0.641. The maximum atomic E-state index is 12.7. The fraction of sp³-hybridized carbons (Fsp3) is 0.611. The number of amides is 2. The molecule has 2 aliphatic rings. The Hall–Kier alpha value is -2.31. The molecule has 3 rings (SSSR count). The zero-order chi connectivity index (χ0) is 18.1. The van der Waals surface area contributed by atoms with Gasteiger partial charge in [-0.1, -0.05) is 12.8 Å². The molecule has 25 heavy (non-hydrogen) atoms. The molecule has 1 saturated carbocycles. The molecule has 0 bridgehead atoms. The summed E-state index contributed by atoms with van der Waals surface area (Å²) in [6.07, 6.45) is 4.63. The minimum Gasteiger partial charge on any atom is -0.478 e. The number of hydrogen-bond donors (Lipinski definition) is 1. The summed E-state index contributed by atoms with van der Waals surface area (Å²) >= 11 is 0. The molecule has 1 N–H and O–H groups in total. The van der Waals surface area contributed by atoms with Crippen molar-refractivity contribution in [3.05, 3.63) is 23.2 Å². The van der Waals surface area contributed by atoms with Crippen molar-refractivity contribution in [3.63, 3.8) is 0 Å². The smallest absolute Gasteiger partial charge is 0.339 e. The molecule has 0 spiro atoms. The number of carboxylic acids is 1. The lowest BCUT2D eigenvalue weighted by Gasteiger charge is -2.25. The van der Waals surface area contributed by atoms with E-state index >= 15 is 0 Å². The lowest BCUT2D eigenvalue weighted by molar-refractivity contribution is -0.135. The van der Waals surface area contributed by atoms with Crippen LogP contribution in [0.5, 0.6) is 0 Å². The van der Waals surface area contributed by atoms with Crippen molar-refractivity contribution in [2.45, 2.75) is 51.6 Å². The zero-order valence-corrected chi connectivity index (χ0v) is 14.7. The number of nitrogens with zero attached hydrogens (tertiary/aromatic N) is 2. The Kier molecular flexibility index (Phi) is 4.83. The Morgan fingerprint density at radius 2 is 2.04 bits per heavy atom. The largest absolute Gasteiger partial charge is 0.478 e. The van der Waals surface area contributed by atoms with Gasteiger partial charge in [-0.05, 0) is 25.8 Å². The molecule has 2 heterocycles. The highest BCUT2D eigenvalue weighted by atomic mass is 16.4. The van der Waals surface area contributed by atoms with Crippen LogP contribution in [0.2, 0.25) is 0 Å². The van der Waals surface area contributed by atoms with Gasteiger partial charge in [-0.3, -0.25) is 9.59 Å². The van der Waals surface area contributed by atoms with Gasteiger partial charge in [0, 0.05) is 26.1 Å². The van der Waals surface area contributed by atoms with Gasteiger partial charge >= 0.3 is 5.97 Å². The predicted octanol–water partition coefficient (Wildman–Crippen LogP) is 2.04. The lowest BCUT2D eigenvalue weighted by Crippen LogP contribution is -2.37. The van der Waals surface area contributed by atoms with E-state index in [9.17, 15) is 14.4 Å². The van der Waals surface area contributed by atoms with Crippen molar-refractivity contribution in [3.8, 4) is 0 Å². The maximum Gasteiger partial charge on any atom is 0.339 e. The SMILES string of the molecule is Cc1oc(CN(C)C(=O)[C@@H]2CC(=O)N(C3CCCC3)C2)cc1C(=O)O. The Balaban J connectivity index is 1.61. The van der Waals surface area contributed by atoms with Crippen molar-refractivity contribution in [2.75, 3.05) is 13.6 Å². The van der Waals surface area contributed by atoms with E-state index in [1.807, 2.05) is 4.90 Å². The molecule has 7 heteroatoms. The molecule has 2 amide bonds. The first-order valence-electron chi connectivity index (χ1n) is 8.74. The third kappa shape index (κ3) is 3.55. The molecule has 0 radical (unpaired) electrons. The highest BCUT2D eigenvalue weighted by Crippen LogP contribution is 2.30. The normalized spacial score (nSPS) is 21.1. The standard InChI is InChI=1S/C18H24N2O5/c1-11-15(18(23)24)8-14(25-11)10-19(2)17(22)12-7-16(21)20(9-12)13-5-3-4-6-13/h8,12-13H,3-7,9-10H2,1-2H3,(H,23,24)/t12-/m1/s1. The summed E-state index contributed by atoms with van der Waals surface area (Å²) in [5.41, 5.74) is 0.110.